The number of hydrogen-bond donors (Lipinski definition) is 3. The highest BCUT2D eigenvalue weighted by molar-refractivity contribution is 7.88. The zero-order chi connectivity index (χ0) is 29.9. The molecule has 3 amide bonds. The van der Waals surface area contributed by atoms with Crippen LogP contribution in [0.25, 0.3) is 0 Å². The number of carboxylic acids is 1. The molecule has 12 nitrogen and oxygen atoms in total. The number of methoxy groups -OCH3 is 1. The van der Waals surface area contributed by atoms with Gasteiger partial charge in [-0.15, -0.1) is 0 Å². The monoisotopic (exact) mass is 585 g/mol. The van der Waals surface area contributed by atoms with Crippen LogP contribution in [-0.2, 0) is 46.1 Å². The van der Waals surface area contributed by atoms with Crippen LogP contribution in [0.4, 0.5) is 4.79 Å². The van der Waals surface area contributed by atoms with Crippen molar-refractivity contribution in [1.29, 1.82) is 0 Å². The van der Waals surface area contributed by atoms with Gasteiger partial charge in [0.25, 0.3) is 0 Å². The summed E-state index contributed by atoms with van der Waals surface area (Å²) in [5.41, 5.74) is 1.53. The van der Waals surface area contributed by atoms with Crippen molar-refractivity contribution in [2.45, 2.75) is 38.1 Å². The minimum Gasteiger partial charge on any atom is -0.480 e. The van der Waals surface area contributed by atoms with Gasteiger partial charge < -0.3 is 30.1 Å². The van der Waals surface area contributed by atoms with Crippen molar-refractivity contribution in [3.8, 4) is 0 Å². The molecular formula is C28H31N3O9S. The summed E-state index contributed by atoms with van der Waals surface area (Å²) < 4.78 is 22.3. The number of carboxylic acid groups (broad SMARTS) is 1. The Morgan fingerprint density at radius 1 is 1.07 bits per heavy atom. The summed E-state index contributed by atoms with van der Waals surface area (Å²) >= 11 is 0. The smallest absolute Gasteiger partial charge is 0.408 e. The van der Waals surface area contributed by atoms with Crippen molar-refractivity contribution in [3.63, 3.8) is 0 Å². The zero-order valence-electron chi connectivity index (χ0n) is 22.5. The zero-order valence-corrected chi connectivity index (χ0v) is 23.3. The van der Waals surface area contributed by atoms with Gasteiger partial charge in [-0.3, -0.25) is 23.4 Å². The van der Waals surface area contributed by atoms with E-state index in [1.165, 1.54) is 12.5 Å². The first-order chi connectivity index (χ1) is 19.6. The summed E-state index contributed by atoms with van der Waals surface area (Å²) in [6.07, 6.45) is -0.959. The summed E-state index contributed by atoms with van der Waals surface area (Å²) in [6.45, 7) is 0.886. The van der Waals surface area contributed by atoms with E-state index in [1.807, 2.05) is 6.07 Å². The van der Waals surface area contributed by atoms with Crippen molar-refractivity contribution in [1.82, 2.24) is 15.5 Å². The lowest BCUT2D eigenvalue weighted by atomic mass is 9.89. The maximum absolute atomic E-state index is 13.4. The number of amides is 3. The minimum absolute atomic E-state index is 0.0275. The van der Waals surface area contributed by atoms with Crippen molar-refractivity contribution in [2.75, 3.05) is 19.4 Å². The number of alkyl carbamates (subject to hydrolysis) is 1. The fourth-order valence-electron chi connectivity index (χ4n) is 4.21. The van der Waals surface area contributed by atoms with Crippen LogP contribution in [0.15, 0.2) is 71.6 Å². The van der Waals surface area contributed by atoms with Gasteiger partial charge in [0, 0.05) is 22.0 Å². The maximum Gasteiger partial charge on any atom is 0.408 e. The molecule has 0 aromatic heterocycles. The lowest BCUT2D eigenvalue weighted by Crippen LogP contribution is -2.72. The van der Waals surface area contributed by atoms with E-state index in [4.69, 9.17) is 4.74 Å². The average Bonchev–Trinajstić information content (AvgIpc) is 2.97. The Hall–Kier alpha value is -4.52. The molecule has 4 unspecified atom stereocenters. The standard InChI is InChI=1S/C28H31N3O9S/c1-18(17-41(38)14-13-22(34)39-2)25-24(27(36)31(25)15-21(32)33)29-26(35)23(20-11-7-4-8-12-20)30-28(37)40-16-19-9-5-3-6-10-19/h3-12,17,23-25H,13-16H2,1-2H3,(H,29,35)(H,30,37)(H,32,33). The van der Waals surface area contributed by atoms with Gasteiger partial charge in [0.2, 0.25) is 11.8 Å². The number of hydrogen-bond acceptors (Lipinski definition) is 8. The molecule has 1 aliphatic heterocycles. The first-order valence-corrected chi connectivity index (χ1v) is 14.0. The third-order valence-electron chi connectivity index (χ3n) is 6.19. The second kappa shape index (κ2) is 14.7. The van der Waals surface area contributed by atoms with Crippen molar-refractivity contribution >= 4 is 40.6 Å². The predicted molar refractivity (Wildman–Crippen MR) is 147 cm³/mol. The SMILES string of the molecule is COC(=O)CCS(=O)C=C(C)C1C(NC(=O)C(NC(=O)OCc2ccccc2)c2ccccc2)C(=O)N1CC(=O)O. The summed E-state index contributed by atoms with van der Waals surface area (Å²) in [7, 11) is -0.414. The minimum atomic E-state index is -1.63. The highest BCUT2D eigenvalue weighted by Gasteiger charge is 2.50. The predicted octanol–water partition coefficient (Wildman–Crippen LogP) is 1.65. The first-order valence-electron chi connectivity index (χ1n) is 12.6. The molecule has 2 aromatic carbocycles. The highest BCUT2D eigenvalue weighted by atomic mass is 32.2. The molecule has 0 spiro atoms. The summed E-state index contributed by atoms with van der Waals surface area (Å²) in [5.74, 6) is -3.23. The number of likely N-dealkylation sites (tertiary alicyclic amines) is 1. The van der Waals surface area contributed by atoms with Crippen molar-refractivity contribution in [3.05, 3.63) is 82.8 Å². The number of carbonyl (C=O) groups excluding carboxylic acids is 4. The van der Waals surface area contributed by atoms with Crippen LogP contribution in [0.2, 0.25) is 0 Å². The highest BCUT2D eigenvalue weighted by Crippen LogP contribution is 2.28. The number of ether oxygens (including phenoxy) is 2. The number of rotatable bonds is 13. The van der Waals surface area contributed by atoms with Crippen molar-refractivity contribution in [2.24, 2.45) is 0 Å². The summed E-state index contributed by atoms with van der Waals surface area (Å²) in [6, 6.07) is 14.0. The van der Waals surface area contributed by atoms with E-state index in [-0.39, 0.29) is 18.8 Å². The molecule has 0 bridgehead atoms. The van der Waals surface area contributed by atoms with E-state index in [1.54, 1.807) is 61.5 Å². The normalized spacial score (nSPS) is 18.0. The van der Waals surface area contributed by atoms with Gasteiger partial charge in [0.05, 0.1) is 19.6 Å². The van der Waals surface area contributed by atoms with Crippen LogP contribution < -0.4 is 10.6 Å². The van der Waals surface area contributed by atoms with Crippen molar-refractivity contribution < 1.29 is 42.8 Å². The van der Waals surface area contributed by atoms with Crippen LogP contribution in [-0.4, -0.2) is 75.6 Å². The van der Waals surface area contributed by atoms with E-state index >= 15 is 0 Å². The Labute approximate surface area is 239 Å². The Kier molecular flexibility index (Phi) is 11.2. The van der Waals surface area contributed by atoms with E-state index in [0.717, 1.165) is 10.5 Å². The van der Waals surface area contributed by atoms with E-state index in [2.05, 4.69) is 15.4 Å². The summed E-state index contributed by atoms with van der Waals surface area (Å²) in [5, 5.41) is 15.7. The van der Waals surface area contributed by atoms with Gasteiger partial charge in [-0.1, -0.05) is 60.7 Å². The van der Waals surface area contributed by atoms with Crippen LogP contribution in [0.1, 0.15) is 30.5 Å². The largest absolute Gasteiger partial charge is 0.480 e. The topological polar surface area (TPSA) is 168 Å². The molecular weight excluding hydrogens is 554 g/mol. The molecule has 1 heterocycles. The number of β-lactam (4-membered cyclic amide) rings is 1. The van der Waals surface area contributed by atoms with Crippen LogP contribution in [0.3, 0.4) is 0 Å². The molecule has 2 aromatic rings. The lowest BCUT2D eigenvalue weighted by molar-refractivity contribution is -0.158. The second-order valence-electron chi connectivity index (χ2n) is 9.11. The Morgan fingerprint density at radius 2 is 1.71 bits per heavy atom. The molecule has 0 radical (unpaired) electrons. The van der Waals surface area contributed by atoms with Gasteiger partial charge >= 0.3 is 18.0 Å². The third-order valence-corrected chi connectivity index (χ3v) is 7.43. The van der Waals surface area contributed by atoms with Crippen LogP contribution in [0.5, 0.6) is 0 Å². The Morgan fingerprint density at radius 3 is 2.32 bits per heavy atom. The number of aliphatic carboxylic acids is 1. The molecule has 41 heavy (non-hydrogen) atoms. The lowest BCUT2D eigenvalue weighted by Gasteiger charge is -2.47. The Bertz CT molecular complexity index is 1320. The molecule has 1 fully saturated rings. The molecule has 4 atom stereocenters. The molecule has 13 heteroatoms. The van der Waals surface area contributed by atoms with Crippen LogP contribution in [0, 0.1) is 0 Å². The quantitative estimate of drug-likeness (QED) is 0.234. The number of benzene rings is 2. The van der Waals surface area contributed by atoms with Gasteiger partial charge in [0.15, 0.2) is 0 Å². The molecule has 3 N–H and O–H groups in total. The third kappa shape index (κ3) is 8.73. The molecule has 0 aliphatic carbocycles. The average molecular weight is 586 g/mol. The van der Waals surface area contributed by atoms with Gasteiger partial charge in [0.1, 0.15) is 25.2 Å². The molecule has 3 rings (SSSR count). The molecule has 218 valence electrons. The fourth-order valence-corrected chi connectivity index (χ4v) is 5.25. The maximum atomic E-state index is 13.4. The van der Waals surface area contributed by atoms with Gasteiger partial charge in [-0.05, 0) is 23.6 Å². The number of carbonyl (C=O) groups is 5. The fraction of sp³-hybridized carbons (Fsp3) is 0.321. The second-order valence-corrected chi connectivity index (χ2v) is 10.5. The molecule has 0 saturated carbocycles. The van der Waals surface area contributed by atoms with Gasteiger partial charge in [-0.2, -0.15) is 0 Å². The molecule has 1 aliphatic rings. The van der Waals surface area contributed by atoms with E-state index < -0.39 is 65.3 Å². The molecule has 1 saturated heterocycles. The number of nitrogens with zero attached hydrogens (tertiary/aromatic N) is 1. The van der Waals surface area contributed by atoms with Crippen LogP contribution >= 0.6 is 0 Å². The number of nitrogens with one attached hydrogen (secondary N) is 2. The number of esters is 1. The van der Waals surface area contributed by atoms with E-state index in [9.17, 15) is 33.3 Å². The van der Waals surface area contributed by atoms with Gasteiger partial charge in [-0.25, -0.2) is 4.79 Å². The summed E-state index contributed by atoms with van der Waals surface area (Å²) in [4.78, 5) is 62.7. The Balaban J connectivity index is 1.76. The van der Waals surface area contributed by atoms with E-state index in [0.29, 0.717) is 11.1 Å². The first kappa shape index (κ1) is 31.0.